The summed E-state index contributed by atoms with van der Waals surface area (Å²) in [6.45, 7) is 0. The van der Waals surface area contributed by atoms with Gasteiger partial charge in [0, 0.05) is 4.90 Å². The number of rotatable bonds is 2. The van der Waals surface area contributed by atoms with Gasteiger partial charge in [-0.1, -0.05) is 0 Å². The smallest absolute Gasteiger partial charge is 0.119 e. The van der Waals surface area contributed by atoms with Gasteiger partial charge in [0.15, 0.2) is 0 Å². The zero-order chi connectivity index (χ0) is 10.7. The molecule has 0 atom stereocenters. The van der Waals surface area contributed by atoms with Crippen LogP contribution in [-0.4, -0.2) is 17.3 Å². The fourth-order valence-corrected chi connectivity index (χ4v) is 2.03. The van der Waals surface area contributed by atoms with Crippen LogP contribution in [0.1, 0.15) is 25.7 Å². The summed E-state index contributed by atoms with van der Waals surface area (Å²) in [6.07, 6.45) is 3.75. The van der Waals surface area contributed by atoms with Crippen molar-refractivity contribution in [3.05, 3.63) is 24.3 Å². The first-order valence-electron chi connectivity index (χ1n) is 5.38. The predicted octanol–water partition coefficient (Wildman–Crippen LogP) is 2.66. The van der Waals surface area contributed by atoms with E-state index in [-0.39, 0.29) is 12.2 Å². The van der Waals surface area contributed by atoms with Crippen LogP contribution < -0.4 is 4.74 Å². The fourth-order valence-electron chi connectivity index (χ4n) is 1.88. The van der Waals surface area contributed by atoms with Crippen molar-refractivity contribution in [3.8, 4) is 5.75 Å². The van der Waals surface area contributed by atoms with Crippen molar-refractivity contribution in [2.75, 3.05) is 0 Å². The van der Waals surface area contributed by atoms with Gasteiger partial charge in [0.25, 0.3) is 0 Å². The largest absolute Gasteiger partial charge is 0.490 e. The summed E-state index contributed by atoms with van der Waals surface area (Å²) in [5.41, 5.74) is 0. The molecule has 0 aliphatic heterocycles. The van der Waals surface area contributed by atoms with Crippen molar-refractivity contribution >= 4 is 12.6 Å². The first-order chi connectivity index (χ1) is 7.24. The van der Waals surface area contributed by atoms with E-state index in [1.54, 1.807) is 0 Å². The first kappa shape index (κ1) is 10.8. The highest BCUT2D eigenvalue weighted by atomic mass is 32.1. The number of hydrogen-bond donors (Lipinski definition) is 2. The van der Waals surface area contributed by atoms with Crippen LogP contribution in [0.3, 0.4) is 0 Å². The van der Waals surface area contributed by atoms with Crippen LogP contribution in [0.2, 0.25) is 0 Å². The van der Waals surface area contributed by atoms with Gasteiger partial charge in [0.1, 0.15) is 5.75 Å². The van der Waals surface area contributed by atoms with Crippen LogP contribution in [0.25, 0.3) is 0 Å². The minimum absolute atomic E-state index is 0.121. The Morgan fingerprint density at radius 2 is 1.67 bits per heavy atom. The van der Waals surface area contributed by atoms with Crippen molar-refractivity contribution in [1.29, 1.82) is 0 Å². The molecule has 1 saturated carbocycles. The molecule has 0 heterocycles. The lowest BCUT2D eigenvalue weighted by Gasteiger charge is -2.26. The molecular formula is C12H16O2S. The van der Waals surface area contributed by atoms with Gasteiger partial charge in [-0.25, -0.2) is 0 Å². The molecule has 82 valence electrons. The minimum atomic E-state index is -0.121. The Hall–Kier alpha value is -0.670. The third-order valence-electron chi connectivity index (χ3n) is 2.78. The summed E-state index contributed by atoms with van der Waals surface area (Å²) in [7, 11) is 0. The maximum absolute atomic E-state index is 9.36. The van der Waals surface area contributed by atoms with Gasteiger partial charge in [-0.3, -0.25) is 0 Å². The normalized spacial score (nSPS) is 26.3. The molecule has 1 fully saturated rings. The van der Waals surface area contributed by atoms with Gasteiger partial charge >= 0.3 is 0 Å². The zero-order valence-corrected chi connectivity index (χ0v) is 9.49. The molecule has 0 aromatic heterocycles. The van der Waals surface area contributed by atoms with Gasteiger partial charge in [-0.15, -0.1) is 12.6 Å². The lowest BCUT2D eigenvalue weighted by molar-refractivity contribution is 0.0665. The van der Waals surface area contributed by atoms with Gasteiger partial charge in [0.2, 0.25) is 0 Å². The zero-order valence-electron chi connectivity index (χ0n) is 8.60. The topological polar surface area (TPSA) is 29.5 Å². The molecule has 3 heteroatoms. The molecule has 1 aliphatic rings. The SMILES string of the molecule is OC1CCC(Oc2ccc(S)cc2)CC1. The van der Waals surface area contributed by atoms with Crippen molar-refractivity contribution < 1.29 is 9.84 Å². The molecule has 15 heavy (non-hydrogen) atoms. The average Bonchev–Trinajstić information content (AvgIpc) is 2.25. The Labute approximate surface area is 95.7 Å². The average molecular weight is 224 g/mol. The van der Waals surface area contributed by atoms with Gasteiger partial charge in [-0.2, -0.15) is 0 Å². The monoisotopic (exact) mass is 224 g/mol. The van der Waals surface area contributed by atoms with Crippen molar-refractivity contribution in [2.45, 2.75) is 42.8 Å². The van der Waals surface area contributed by atoms with Gasteiger partial charge in [0.05, 0.1) is 12.2 Å². The Balaban J connectivity index is 1.89. The van der Waals surface area contributed by atoms with Crippen molar-refractivity contribution in [1.82, 2.24) is 0 Å². The molecule has 0 bridgehead atoms. The number of aliphatic hydroxyl groups excluding tert-OH is 1. The second-order valence-corrected chi connectivity index (χ2v) is 4.56. The second-order valence-electron chi connectivity index (χ2n) is 4.04. The highest BCUT2D eigenvalue weighted by Crippen LogP contribution is 2.24. The van der Waals surface area contributed by atoms with Crippen LogP contribution in [-0.2, 0) is 0 Å². The second kappa shape index (κ2) is 4.90. The molecule has 0 saturated heterocycles. The maximum atomic E-state index is 9.36. The third kappa shape index (κ3) is 3.14. The summed E-state index contributed by atoms with van der Waals surface area (Å²) in [5, 5.41) is 9.36. The van der Waals surface area contributed by atoms with E-state index in [4.69, 9.17) is 4.74 Å². The maximum Gasteiger partial charge on any atom is 0.119 e. The van der Waals surface area contributed by atoms with E-state index in [0.29, 0.717) is 0 Å². The quantitative estimate of drug-likeness (QED) is 0.756. The molecule has 2 rings (SSSR count). The minimum Gasteiger partial charge on any atom is -0.490 e. The van der Waals surface area contributed by atoms with Crippen molar-refractivity contribution in [3.63, 3.8) is 0 Å². The Kier molecular flexibility index (Phi) is 3.54. The van der Waals surface area contributed by atoms with E-state index in [1.165, 1.54) is 0 Å². The van der Waals surface area contributed by atoms with E-state index in [9.17, 15) is 5.11 Å². The fraction of sp³-hybridized carbons (Fsp3) is 0.500. The van der Waals surface area contributed by atoms with E-state index >= 15 is 0 Å². The predicted molar refractivity (Wildman–Crippen MR) is 62.6 cm³/mol. The van der Waals surface area contributed by atoms with Crippen LogP contribution in [0, 0.1) is 0 Å². The van der Waals surface area contributed by atoms with E-state index in [0.717, 1.165) is 36.3 Å². The number of hydrogen-bond acceptors (Lipinski definition) is 3. The molecular weight excluding hydrogens is 208 g/mol. The molecule has 1 N–H and O–H groups in total. The van der Waals surface area contributed by atoms with Crippen LogP contribution >= 0.6 is 12.6 Å². The molecule has 0 amide bonds. The number of benzene rings is 1. The van der Waals surface area contributed by atoms with Crippen LogP contribution in [0.15, 0.2) is 29.2 Å². The summed E-state index contributed by atoms with van der Waals surface area (Å²) >= 11 is 4.22. The molecule has 1 aliphatic carbocycles. The molecule has 0 spiro atoms. The van der Waals surface area contributed by atoms with Crippen LogP contribution in [0.5, 0.6) is 5.75 Å². The molecule has 0 radical (unpaired) electrons. The van der Waals surface area contributed by atoms with Crippen LogP contribution in [0.4, 0.5) is 0 Å². The number of aliphatic hydroxyl groups is 1. The van der Waals surface area contributed by atoms with E-state index < -0.39 is 0 Å². The van der Waals surface area contributed by atoms with Gasteiger partial charge in [-0.05, 0) is 49.9 Å². The number of thiol groups is 1. The molecule has 0 unspecified atom stereocenters. The highest BCUT2D eigenvalue weighted by molar-refractivity contribution is 7.80. The summed E-state index contributed by atoms with van der Waals surface area (Å²) in [5.74, 6) is 0.897. The summed E-state index contributed by atoms with van der Waals surface area (Å²) < 4.78 is 5.81. The highest BCUT2D eigenvalue weighted by Gasteiger charge is 2.20. The molecule has 1 aromatic rings. The standard InChI is InChI=1S/C12H16O2S/c13-9-1-3-10(4-2-9)14-11-5-7-12(15)8-6-11/h5-10,13,15H,1-4H2. The third-order valence-corrected chi connectivity index (χ3v) is 3.08. The Morgan fingerprint density at radius 1 is 1.07 bits per heavy atom. The van der Waals surface area contributed by atoms with Gasteiger partial charge < -0.3 is 9.84 Å². The lowest BCUT2D eigenvalue weighted by atomic mass is 9.95. The van der Waals surface area contributed by atoms with Crippen molar-refractivity contribution in [2.24, 2.45) is 0 Å². The Morgan fingerprint density at radius 3 is 2.27 bits per heavy atom. The Bertz CT molecular complexity index is 302. The summed E-state index contributed by atoms with van der Waals surface area (Å²) in [6, 6.07) is 7.73. The summed E-state index contributed by atoms with van der Waals surface area (Å²) in [4.78, 5) is 0.946. The number of ether oxygens (including phenoxy) is 1. The van der Waals surface area contributed by atoms with E-state index in [2.05, 4.69) is 12.6 Å². The molecule has 1 aromatic carbocycles. The first-order valence-corrected chi connectivity index (χ1v) is 5.82. The van der Waals surface area contributed by atoms with E-state index in [1.807, 2.05) is 24.3 Å². The molecule has 2 nitrogen and oxygen atoms in total. The lowest BCUT2D eigenvalue weighted by Crippen LogP contribution is -2.26.